The van der Waals surface area contributed by atoms with Gasteiger partial charge >= 0.3 is 0 Å². The maximum Gasteiger partial charge on any atom is 0.274 e. The summed E-state index contributed by atoms with van der Waals surface area (Å²) in [4.78, 5) is 25.1. The van der Waals surface area contributed by atoms with E-state index in [1.165, 1.54) is 17.0 Å². The molecule has 4 heterocycles. The van der Waals surface area contributed by atoms with Crippen LogP contribution in [0.15, 0.2) is 41.6 Å². The van der Waals surface area contributed by atoms with Gasteiger partial charge in [0, 0.05) is 32.6 Å². The average molecular weight is 402 g/mol. The van der Waals surface area contributed by atoms with Crippen LogP contribution < -0.4 is 21.3 Å². The molecule has 10 heteroatoms. The third-order valence-electron chi connectivity index (χ3n) is 4.52. The van der Waals surface area contributed by atoms with Crippen LogP contribution in [0.4, 0.5) is 17.5 Å². The third-order valence-corrected chi connectivity index (χ3v) is 4.52. The number of nitrogen functional groups attached to an aromatic ring is 1. The second kappa shape index (κ2) is 7.21. The molecule has 0 bridgehead atoms. The molecule has 10 nitrogen and oxygen atoms in total. The van der Waals surface area contributed by atoms with Crippen molar-refractivity contribution in [1.82, 2.24) is 24.1 Å². The quantitative estimate of drug-likeness (QED) is 0.531. The van der Waals surface area contributed by atoms with Crippen LogP contribution in [0.3, 0.4) is 0 Å². The Morgan fingerprint density at radius 2 is 2.07 bits per heavy atom. The fourth-order valence-corrected chi connectivity index (χ4v) is 3.16. The maximum atomic E-state index is 12.4. The van der Waals surface area contributed by atoms with Crippen LogP contribution in [0.5, 0.6) is 11.5 Å². The van der Waals surface area contributed by atoms with Crippen molar-refractivity contribution in [2.45, 2.75) is 6.92 Å². The molecule has 0 saturated heterocycles. The monoisotopic (exact) mass is 402 g/mol. The van der Waals surface area contributed by atoms with Gasteiger partial charge in [-0.1, -0.05) is 0 Å². The number of fused-ring (bicyclic) bond motifs is 1. The number of hydrogen-bond donors (Lipinski definition) is 2. The molecule has 30 heavy (non-hydrogen) atoms. The highest BCUT2D eigenvalue weighted by Gasteiger charge is 2.19. The van der Waals surface area contributed by atoms with Crippen molar-refractivity contribution < 1.29 is 4.74 Å². The van der Waals surface area contributed by atoms with Gasteiger partial charge in [0.25, 0.3) is 5.56 Å². The molecule has 0 amide bonds. The largest absolute Gasteiger partial charge is 0.454 e. The van der Waals surface area contributed by atoms with Crippen molar-refractivity contribution in [2.75, 3.05) is 11.1 Å². The van der Waals surface area contributed by atoms with Gasteiger partial charge in [-0.05, 0) is 24.6 Å². The Kier molecular flexibility index (Phi) is 4.56. The number of anilines is 3. The molecular formula is C20H18N8O2. The lowest BCUT2D eigenvalue weighted by molar-refractivity contribution is 0.479. The van der Waals surface area contributed by atoms with E-state index in [0.717, 1.165) is 5.56 Å². The number of nitrogens with zero attached hydrogens (tertiary/aromatic N) is 6. The first-order valence-corrected chi connectivity index (χ1v) is 8.96. The lowest BCUT2D eigenvalue weighted by Crippen LogP contribution is -2.20. The molecule has 0 aromatic carbocycles. The number of aromatic nitrogens is 5. The summed E-state index contributed by atoms with van der Waals surface area (Å²) in [5, 5.41) is 12.8. The van der Waals surface area contributed by atoms with Gasteiger partial charge in [-0.15, -0.1) is 0 Å². The Bertz CT molecular complexity index is 1380. The Morgan fingerprint density at radius 3 is 2.80 bits per heavy atom. The summed E-state index contributed by atoms with van der Waals surface area (Å²) in [6.45, 7) is 1.89. The van der Waals surface area contributed by atoms with E-state index in [9.17, 15) is 10.1 Å². The van der Waals surface area contributed by atoms with Crippen molar-refractivity contribution in [3.8, 4) is 17.6 Å². The zero-order valence-electron chi connectivity index (χ0n) is 16.5. The Labute approximate surface area is 171 Å². The number of nitrogens with two attached hydrogens (primary N) is 1. The minimum atomic E-state index is -0.194. The van der Waals surface area contributed by atoms with E-state index >= 15 is 0 Å². The van der Waals surface area contributed by atoms with Crippen molar-refractivity contribution in [1.29, 1.82) is 5.26 Å². The highest BCUT2D eigenvalue weighted by molar-refractivity contribution is 5.84. The number of nitriles is 1. The number of ether oxygens (including phenoxy) is 1. The van der Waals surface area contributed by atoms with Crippen LogP contribution in [0, 0.1) is 18.3 Å². The van der Waals surface area contributed by atoms with Crippen LogP contribution in [-0.2, 0) is 14.1 Å². The summed E-state index contributed by atoms with van der Waals surface area (Å²) in [5.41, 5.74) is 7.87. The molecule has 0 saturated carbocycles. The van der Waals surface area contributed by atoms with Gasteiger partial charge in [-0.3, -0.25) is 4.79 Å². The summed E-state index contributed by atoms with van der Waals surface area (Å²) < 4.78 is 8.96. The van der Waals surface area contributed by atoms with Gasteiger partial charge in [0.2, 0.25) is 5.95 Å². The summed E-state index contributed by atoms with van der Waals surface area (Å²) >= 11 is 0. The molecule has 0 fully saturated rings. The van der Waals surface area contributed by atoms with Gasteiger partial charge < -0.3 is 24.9 Å². The van der Waals surface area contributed by atoms with E-state index in [-0.39, 0.29) is 16.9 Å². The molecule has 0 spiro atoms. The molecule has 0 aliphatic carbocycles. The molecule has 0 atom stereocenters. The van der Waals surface area contributed by atoms with E-state index < -0.39 is 0 Å². The fourth-order valence-electron chi connectivity index (χ4n) is 3.16. The minimum Gasteiger partial charge on any atom is -0.454 e. The topological polar surface area (TPSA) is 137 Å². The zero-order chi connectivity index (χ0) is 21.4. The smallest absolute Gasteiger partial charge is 0.274 e. The van der Waals surface area contributed by atoms with Crippen LogP contribution in [0.25, 0.3) is 11.2 Å². The zero-order valence-corrected chi connectivity index (χ0v) is 16.5. The summed E-state index contributed by atoms with van der Waals surface area (Å²) in [5.74, 6) is 1.37. The molecule has 150 valence electrons. The lowest BCUT2D eigenvalue weighted by atomic mass is 10.2. The normalized spacial score (nSPS) is 10.7. The predicted octanol–water partition coefficient (Wildman–Crippen LogP) is 2.36. The van der Waals surface area contributed by atoms with Crippen LogP contribution in [0.2, 0.25) is 0 Å². The van der Waals surface area contributed by atoms with Crippen molar-refractivity contribution >= 4 is 28.6 Å². The van der Waals surface area contributed by atoms with Gasteiger partial charge in [0.15, 0.2) is 11.4 Å². The Morgan fingerprint density at radius 1 is 1.27 bits per heavy atom. The third kappa shape index (κ3) is 3.29. The molecule has 4 rings (SSSR count). The maximum absolute atomic E-state index is 12.4. The SMILES string of the molecule is Cc1cc(Nc2nc3ncc(Oc4ccnc(N)c4)c(C#N)c3n2C)c(=O)n(C)c1. The Hall–Kier alpha value is -4.39. The molecule has 0 unspecified atom stereocenters. The van der Waals surface area contributed by atoms with Gasteiger partial charge in [-0.25, -0.2) is 9.97 Å². The average Bonchev–Trinajstić information content (AvgIpc) is 3.01. The minimum absolute atomic E-state index is 0.194. The number of rotatable bonds is 4. The summed E-state index contributed by atoms with van der Waals surface area (Å²) in [7, 11) is 3.41. The van der Waals surface area contributed by atoms with Crippen LogP contribution in [0.1, 0.15) is 11.1 Å². The van der Waals surface area contributed by atoms with Crippen molar-refractivity contribution in [3.63, 3.8) is 0 Å². The van der Waals surface area contributed by atoms with Gasteiger partial charge in [0.05, 0.1) is 6.20 Å². The second-order valence-corrected chi connectivity index (χ2v) is 6.77. The molecule has 0 aliphatic heterocycles. The lowest BCUT2D eigenvalue weighted by Gasteiger charge is -2.10. The summed E-state index contributed by atoms with van der Waals surface area (Å²) in [6.07, 6.45) is 4.68. The summed E-state index contributed by atoms with van der Waals surface area (Å²) in [6, 6.07) is 7.07. The Balaban J connectivity index is 1.79. The van der Waals surface area contributed by atoms with Crippen LogP contribution >= 0.6 is 0 Å². The first kappa shape index (κ1) is 18.9. The molecular weight excluding hydrogens is 384 g/mol. The van der Waals surface area contributed by atoms with Crippen molar-refractivity contribution in [3.05, 3.63) is 58.3 Å². The number of imidazole rings is 1. The highest BCUT2D eigenvalue weighted by atomic mass is 16.5. The van der Waals surface area contributed by atoms with E-state index in [4.69, 9.17) is 10.5 Å². The molecule has 3 N–H and O–H groups in total. The standard InChI is InChI=1S/C20H18N8O2/c1-11-6-14(19(29)27(2)10-11)25-20-26-18-17(28(20)3)13(8-21)15(9-24-18)30-12-4-5-23-16(22)7-12/h4-7,9-10H,1-3H3,(H2,22,23)(H,24,25,26). The van der Waals surface area contributed by atoms with E-state index in [2.05, 4.69) is 26.3 Å². The highest BCUT2D eigenvalue weighted by Crippen LogP contribution is 2.31. The first-order valence-electron chi connectivity index (χ1n) is 8.96. The fraction of sp³-hybridized carbons (Fsp3) is 0.150. The molecule has 4 aromatic heterocycles. The number of aryl methyl sites for hydroxylation is 3. The predicted molar refractivity (Wildman–Crippen MR) is 112 cm³/mol. The number of hydrogen-bond acceptors (Lipinski definition) is 8. The van der Waals surface area contributed by atoms with Gasteiger partial charge in [-0.2, -0.15) is 10.2 Å². The molecule has 0 aliphatic rings. The first-order chi connectivity index (χ1) is 14.4. The van der Waals surface area contributed by atoms with Gasteiger partial charge in [0.1, 0.15) is 34.4 Å². The van der Waals surface area contributed by atoms with E-state index in [1.807, 2.05) is 6.92 Å². The molecule has 4 aromatic rings. The van der Waals surface area contributed by atoms with Crippen LogP contribution in [-0.4, -0.2) is 24.1 Å². The van der Waals surface area contributed by atoms with E-state index in [0.29, 0.717) is 34.4 Å². The number of nitrogens with one attached hydrogen (secondary N) is 1. The number of pyridine rings is 3. The van der Waals surface area contributed by atoms with Crippen molar-refractivity contribution in [2.24, 2.45) is 14.1 Å². The molecule has 0 radical (unpaired) electrons. The second-order valence-electron chi connectivity index (χ2n) is 6.77. The van der Waals surface area contributed by atoms with E-state index in [1.54, 1.807) is 43.1 Å².